The first-order chi connectivity index (χ1) is 13.2. The zero-order chi connectivity index (χ0) is 18.6. The number of hydrogen-bond donors (Lipinski definition) is 1. The lowest BCUT2D eigenvalue weighted by molar-refractivity contribution is -0.000407. The van der Waals surface area contributed by atoms with Gasteiger partial charge in [0.2, 0.25) is 5.88 Å². The summed E-state index contributed by atoms with van der Waals surface area (Å²) in [5, 5.41) is 3.30. The van der Waals surface area contributed by atoms with Crippen molar-refractivity contribution < 1.29 is 9.47 Å². The van der Waals surface area contributed by atoms with Gasteiger partial charge in [-0.1, -0.05) is 12.1 Å². The molecular formula is C20H23N5O2. The Kier molecular flexibility index (Phi) is 5.13. The Morgan fingerprint density at radius 2 is 2.00 bits per heavy atom. The number of ether oxygens (including phenoxy) is 2. The first-order valence-electron chi connectivity index (χ1n) is 9.05. The molecule has 1 atom stereocenters. The zero-order valence-corrected chi connectivity index (χ0v) is 15.6. The van der Waals surface area contributed by atoms with Crippen LogP contribution in [0.2, 0.25) is 0 Å². The summed E-state index contributed by atoms with van der Waals surface area (Å²) in [6, 6.07) is 10.2. The summed E-state index contributed by atoms with van der Waals surface area (Å²) in [6.45, 7) is 2.77. The van der Waals surface area contributed by atoms with Gasteiger partial charge in [-0.15, -0.1) is 0 Å². The molecule has 2 aromatic heterocycles. The molecular weight excluding hydrogens is 342 g/mol. The molecule has 3 aromatic rings. The van der Waals surface area contributed by atoms with E-state index < -0.39 is 0 Å². The predicted octanol–water partition coefficient (Wildman–Crippen LogP) is 2.12. The molecule has 7 nitrogen and oxygen atoms in total. The summed E-state index contributed by atoms with van der Waals surface area (Å²) >= 11 is 0. The number of rotatable bonds is 5. The molecule has 1 N–H and O–H groups in total. The van der Waals surface area contributed by atoms with Crippen LogP contribution in [0, 0.1) is 0 Å². The van der Waals surface area contributed by atoms with Crippen molar-refractivity contribution in [3.8, 4) is 17.1 Å². The van der Waals surface area contributed by atoms with Gasteiger partial charge in [0, 0.05) is 50.8 Å². The fourth-order valence-electron chi connectivity index (χ4n) is 3.02. The van der Waals surface area contributed by atoms with Gasteiger partial charge in [0.25, 0.3) is 0 Å². The molecule has 0 amide bonds. The summed E-state index contributed by atoms with van der Waals surface area (Å²) in [4.78, 5) is 15.6. The summed E-state index contributed by atoms with van der Waals surface area (Å²) in [6.07, 6.45) is 3.34. The van der Waals surface area contributed by atoms with Gasteiger partial charge in [-0.3, -0.25) is 4.98 Å². The third-order valence-electron chi connectivity index (χ3n) is 4.51. The largest absolute Gasteiger partial charge is 0.473 e. The SMILES string of the molecule is CN(C)c1ccc(-c2cc3nccnc3c(OC[C@@H]3CNCCO3)n2)cc1. The third-order valence-corrected chi connectivity index (χ3v) is 4.51. The number of anilines is 1. The monoisotopic (exact) mass is 365 g/mol. The van der Waals surface area contributed by atoms with E-state index in [1.165, 1.54) is 0 Å². The molecule has 0 aliphatic carbocycles. The first kappa shape index (κ1) is 17.6. The van der Waals surface area contributed by atoms with Crippen molar-refractivity contribution >= 4 is 16.7 Å². The van der Waals surface area contributed by atoms with Crippen molar-refractivity contribution in [2.24, 2.45) is 0 Å². The minimum Gasteiger partial charge on any atom is -0.473 e. The molecule has 7 heteroatoms. The second-order valence-corrected chi connectivity index (χ2v) is 6.69. The quantitative estimate of drug-likeness (QED) is 0.742. The standard InChI is InChI=1S/C20H23N5O2/c1-25(2)15-5-3-14(4-6-15)17-11-18-19(23-8-7-22-18)20(24-17)27-13-16-12-21-9-10-26-16/h3-8,11,16,21H,9-10,12-13H2,1-2H3/t16-/m0/s1. The zero-order valence-electron chi connectivity index (χ0n) is 15.6. The summed E-state index contributed by atoms with van der Waals surface area (Å²) < 4.78 is 11.7. The molecule has 140 valence electrons. The van der Waals surface area contributed by atoms with Crippen molar-refractivity contribution in [2.75, 3.05) is 45.3 Å². The van der Waals surface area contributed by atoms with Gasteiger partial charge in [0.1, 0.15) is 12.7 Å². The molecule has 1 aromatic carbocycles. The van der Waals surface area contributed by atoms with Crippen LogP contribution in [0.15, 0.2) is 42.7 Å². The van der Waals surface area contributed by atoms with Crippen LogP contribution in [0.1, 0.15) is 0 Å². The predicted molar refractivity (Wildman–Crippen MR) is 105 cm³/mol. The van der Waals surface area contributed by atoms with Gasteiger partial charge < -0.3 is 19.7 Å². The molecule has 3 heterocycles. The lowest BCUT2D eigenvalue weighted by Crippen LogP contribution is -2.41. The van der Waals surface area contributed by atoms with Gasteiger partial charge in [-0.2, -0.15) is 0 Å². The van der Waals surface area contributed by atoms with Crippen molar-refractivity contribution in [3.63, 3.8) is 0 Å². The number of pyridine rings is 1. The molecule has 27 heavy (non-hydrogen) atoms. The Morgan fingerprint density at radius 1 is 1.19 bits per heavy atom. The van der Waals surface area contributed by atoms with E-state index in [2.05, 4.69) is 44.5 Å². The highest BCUT2D eigenvalue weighted by Crippen LogP contribution is 2.28. The number of benzene rings is 1. The third kappa shape index (κ3) is 3.99. The molecule has 1 saturated heterocycles. The molecule has 0 saturated carbocycles. The van der Waals surface area contributed by atoms with Gasteiger partial charge >= 0.3 is 0 Å². The van der Waals surface area contributed by atoms with Crippen LogP contribution in [-0.4, -0.2) is 61.5 Å². The fraction of sp³-hybridized carbons (Fsp3) is 0.350. The average Bonchev–Trinajstić information content (AvgIpc) is 2.72. The molecule has 0 bridgehead atoms. The van der Waals surface area contributed by atoms with E-state index in [-0.39, 0.29) is 6.10 Å². The van der Waals surface area contributed by atoms with Gasteiger partial charge in [-0.05, 0) is 18.2 Å². The van der Waals surface area contributed by atoms with Crippen LogP contribution in [0.3, 0.4) is 0 Å². The fourth-order valence-corrected chi connectivity index (χ4v) is 3.02. The van der Waals surface area contributed by atoms with E-state index in [4.69, 9.17) is 14.5 Å². The molecule has 0 radical (unpaired) electrons. The van der Waals surface area contributed by atoms with Crippen LogP contribution in [-0.2, 0) is 4.74 Å². The number of nitrogens with one attached hydrogen (secondary N) is 1. The van der Waals surface area contributed by atoms with Crippen molar-refractivity contribution in [1.82, 2.24) is 20.3 Å². The van der Waals surface area contributed by atoms with E-state index in [0.717, 1.165) is 35.6 Å². The Bertz CT molecular complexity index is 908. The minimum atomic E-state index is 0.00954. The van der Waals surface area contributed by atoms with Gasteiger partial charge in [-0.25, -0.2) is 9.97 Å². The summed E-state index contributed by atoms with van der Waals surface area (Å²) in [7, 11) is 4.04. The van der Waals surface area contributed by atoms with E-state index in [1.807, 2.05) is 20.2 Å². The topological polar surface area (TPSA) is 72.4 Å². The van der Waals surface area contributed by atoms with E-state index in [0.29, 0.717) is 24.6 Å². The lowest BCUT2D eigenvalue weighted by Gasteiger charge is -2.23. The van der Waals surface area contributed by atoms with Crippen LogP contribution >= 0.6 is 0 Å². The highest BCUT2D eigenvalue weighted by molar-refractivity contribution is 5.83. The van der Waals surface area contributed by atoms with Crippen molar-refractivity contribution in [3.05, 3.63) is 42.7 Å². The van der Waals surface area contributed by atoms with Crippen LogP contribution in [0.4, 0.5) is 5.69 Å². The minimum absolute atomic E-state index is 0.00954. The van der Waals surface area contributed by atoms with Gasteiger partial charge in [0.05, 0.1) is 17.8 Å². The molecule has 0 unspecified atom stereocenters. The number of fused-ring (bicyclic) bond motifs is 1. The summed E-state index contributed by atoms with van der Waals surface area (Å²) in [5.74, 6) is 0.487. The maximum Gasteiger partial charge on any atom is 0.242 e. The Labute approximate surface area is 158 Å². The number of aromatic nitrogens is 3. The average molecular weight is 365 g/mol. The van der Waals surface area contributed by atoms with E-state index in [1.54, 1.807) is 12.4 Å². The molecule has 1 aliphatic rings. The van der Waals surface area contributed by atoms with E-state index >= 15 is 0 Å². The highest BCUT2D eigenvalue weighted by atomic mass is 16.5. The van der Waals surface area contributed by atoms with Crippen molar-refractivity contribution in [2.45, 2.75) is 6.10 Å². The lowest BCUT2D eigenvalue weighted by atomic mass is 10.1. The Morgan fingerprint density at radius 3 is 2.74 bits per heavy atom. The van der Waals surface area contributed by atoms with Crippen LogP contribution in [0.5, 0.6) is 5.88 Å². The number of hydrogen-bond acceptors (Lipinski definition) is 7. The van der Waals surface area contributed by atoms with Crippen molar-refractivity contribution in [1.29, 1.82) is 0 Å². The maximum atomic E-state index is 6.00. The number of nitrogens with zero attached hydrogens (tertiary/aromatic N) is 4. The van der Waals surface area contributed by atoms with Gasteiger partial charge in [0.15, 0.2) is 5.52 Å². The van der Waals surface area contributed by atoms with E-state index in [9.17, 15) is 0 Å². The Balaban J connectivity index is 1.65. The highest BCUT2D eigenvalue weighted by Gasteiger charge is 2.17. The molecule has 4 rings (SSSR count). The summed E-state index contributed by atoms with van der Waals surface area (Å²) in [5.41, 5.74) is 4.38. The van der Waals surface area contributed by atoms with Crippen LogP contribution in [0.25, 0.3) is 22.3 Å². The molecule has 0 spiro atoms. The normalized spacial score (nSPS) is 17.0. The smallest absolute Gasteiger partial charge is 0.242 e. The second kappa shape index (κ2) is 7.85. The number of morpholine rings is 1. The first-order valence-corrected chi connectivity index (χ1v) is 9.05. The molecule has 1 fully saturated rings. The second-order valence-electron chi connectivity index (χ2n) is 6.69. The molecule has 1 aliphatic heterocycles. The van der Waals surface area contributed by atoms with Crippen LogP contribution < -0.4 is 15.0 Å². The Hall–Kier alpha value is -2.77. The maximum absolute atomic E-state index is 6.00.